The van der Waals surface area contributed by atoms with Gasteiger partial charge in [-0.2, -0.15) is 0 Å². The van der Waals surface area contributed by atoms with Crippen LogP contribution in [-0.2, 0) is 14.3 Å². The first kappa shape index (κ1) is 20.0. The standard InChI is InChI=1S/C22H34O3/c1-16(2)20-11-8-17(3)7-6-14-22(5)21(25-22)13-10-19(9-12-20)15-24-18(4)23/h7,9,20-21H,1,6,8,10-15H2,2-5H3. The molecule has 3 nitrogen and oxygen atoms in total. The Morgan fingerprint density at radius 2 is 2.08 bits per heavy atom. The number of ether oxygens (including phenoxy) is 2. The predicted octanol–water partition coefficient (Wildman–Crippen LogP) is 5.52. The van der Waals surface area contributed by atoms with Crippen molar-refractivity contribution in [1.82, 2.24) is 0 Å². The van der Waals surface area contributed by atoms with Gasteiger partial charge in [0.25, 0.3) is 0 Å². The van der Waals surface area contributed by atoms with Gasteiger partial charge in [-0.05, 0) is 77.2 Å². The smallest absolute Gasteiger partial charge is 0.302 e. The molecule has 0 aromatic heterocycles. The summed E-state index contributed by atoms with van der Waals surface area (Å²) in [6.07, 6.45) is 12.3. The molecular formula is C22H34O3. The average molecular weight is 347 g/mol. The van der Waals surface area contributed by atoms with E-state index in [0.29, 0.717) is 18.6 Å². The fourth-order valence-electron chi connectivity index (χ4n) is 3.60. The van der Waals surface area contributed by atoms with Crippen molar-refractivity contribution in [3.8, 4) is 0 Å². The van der Waals surface area contributed by atoms with Crippen molar-refractivity contribution in [3.63, 3.8) is 0 Å². The third-order valence-electron chi connectivity index (χ3n) is 5.63. The molecule has 0 bridgehead atoms. The number of allylic oxidation sites excluding steroid dienone is 4. The highest BCUT2D eigenvalue weighted by atomic mass is 16.6. The Morgan fingerprint density at radius 3 is 2.76 bits per heavy atom. The summed E-state index contributed by atoms with van der Waals surface area (Å²) in [6.45, 7) is 12.6. The number of carbonyl (C=O) groups excluding carboxylic acids is 1. The van der Waals surface area contributed by atoms with E-state index in [2.05, 4.69) is 39.5 Å². The van der Waals surface area contributed by atoms with Gasteiger partial charge in [-0.25, -0.2) is 0 Å². The number of hydrogen-bond donors (Lipinski definition) is 0. The van der Waals surface area contributed by atoms with Crippen LogP contribution in [0.15, 0.2) is 35.5 Å². The summed E-state index contributed by atoms with van der Waals surface area (Å²) in [7, 11) is 0. The number of carbonyl (C=O) groups is 1. The van der Waals surface area contributed by atoms with E-state index in [1.165, 1.54) is 23.6 Å². The molecule has 1 aliphatic carbocycles. The van der Waals surface area contributed by atoms with Crippen LogP contribution >= 0.6 is 0 Å². The molecule has 1 aliphatic heterocycles. The van der Waals surface area contributed by atoms with Crippen molar-refractivity contribution in [3.05, 3.63) is 35.5 Å². The van der Waals surface area contributed by atoms with Gasteiger partial charge in [0.15, 0.2) is 0 Å². The number of rotatable bonds is 3. The van der Waals surface area contributed by atoms with Crippen LogP contribution in [0, 0.1) is 5.92 Å². The molecule has 3 atom stereocenters. The van der Waals surface area contributed by atoms with E-state index in [4.69, 9.17) is 9.47 Å². The molecular weight excluding hydrogens is 312 g/mol. The maximum absolute atomic E-state index is 11.2. The van der Waals surface area contributed by atoms with Crippen molar-refractivity contribution in [2.24, 2.45) is 5.92 Å². The predicted molar refractivity (Wildman–Crippen MR) is 102 cm³/mol. The van der Waals surface area contributed by atoms with E-state index in [9.17, 15) is 4.79 Å². The third-order valence-corrected chi connectivity index (χ3v) is 5.63. The lowest BCUT2D eigenvalue weighted by molar-refractivity contribution is -0.140. The van der Waals surface area contributed by atoms with Gasteiger partial charge in [-0.15, -0.1) is 0 Å². The van der Waals surface area contributed by atoms with E-state index in [1.807, 2.05) is 0 Å². The Kier molecular flexibility index (Phi) is 7.06. The molecule has 2 aliphatic rings. The molecule has 1 saturated heterocycles. The van der Waals surface area contributed by atoms with Gasteiger partial charge in [0.2, 0.25) is 0 Å². The van der Waals surface area contributed by atoms with Gasteiger partial charge in [0, 0.05) is 6.92 Å². The second-order valence-corrected chi connectivity index (χ2v) is 8.01. The maximum atomic E-state index is 11.2. The molecule has 25 heavy (non-hydrogen) atoms. The largest absolute Gasteiger partial charge is 0.461 e. The Morgan fingerprint density at radius 1 is 1.32 bits per heavy atom. The highest BCUT2D eigenvalue weighted by Gasteiger charge is 2.50. The minimum Gasteiger partial charge on any atom is -0.461 e. The molecule has 0 spiro atoms. The Bertz CT molecular complexity index is 558. The van der Waals surface area contributed by atoms with Crippen LogP contribution < -0.4 is 0 Å². The number of esters is 1. The first-order chi connectivity index (χ1) is 11.8. The topological polar surface area (TPSA) is 38.8 Å². The molecule has 0 aromatic rings. The fourth-order valence-corrected chi connectivity index (χ4v) is 3.60. The lowest BCUT2D eigenvalue weighted by Gasteiger charge is -2.17. The lowest BCUT2D eigenvalue weighted by atomic mass is 9.89. The highest BCUT2D eigenvalue weighted by Crippen LogP contribution is 2.43. The second-order valence-electron chi connectivity index (χ2n) is 8.01. The lowest BCUT2D eigenvalue weighted by Crippen LogP contribution is -2.11. The molecule has 2 rings (SSSR count). The molecule has 0 aromatic carbocycles. The molecule has 0 saturated carbocycles. The summed E-state index contributed by atoms with van der Waals surface area (Å²) in [4.78, 5) is 11.2. The van der Waals surface area contributed by atoms with Gasteiger partial charge < -0.3 is 9.47 Å². The van der Waals surface area contributed by atoms with Gasteiger partial charge in [-0.3, -0.25) is 4.79 Å². The summed E-state index contributed by atoms with van der Waals surface area (Å²) in [5, 5.41) is 0. The summed E-state index contributed by atoms with van der Waals surface area (Å²) in [5.41, 5.74) is 3.95. The summed E-state index contributed by atoms with van der Waals surface area (Å²) < 4.78 is 11.2. The van der Waals surface area contributed by atoms with E-state index >= 15 is 0 Å². The molecule has 140 valence electrons. The van der Waals surface area contributed by atoms with Crippen LogP contribution in [0.5, 0.6) is 0 Å². The van der Waals surface area contributed by atoms with E-state index in [-0.39, 0.29) is 11.6 Å². The van der Waals surface area contributed by atoms with Crippen LogP contribution in [0.4, 0.5) is 0 Å². The summed E-state index contributed by atoms with van der Waals surface area (Å²) >= 11 is 0. The SMILES string of the molecule is C=C(C)C1CC=C(COC(C)=O)CCC2OC2(C)CCC=C(C)CC1. The molecule has 3 heteroatoms. The van der Waals surface area contributed by atoms with Crippen LogP contribution in [-0.4, -0.2) is 24.3 Å². The van der Waals surface area contributed by atoms with Crippen molar-refractivity contribution in [1.29, 1.82) is 0 Å². The average Bonchev–Trinajstić information content (AvgIpc) is 3.18. The van der Waals surface area contributed by atoms with Crippen molar-refractivity contribution < 1.29 is 14.3 Å². The van der Waals surface area contributed by atoms with Crippen molar-refractivity contribution in [2.75, 3.05) is 6.61 Å². The molecule has 0 N–H and O–H groups in total. The van der Waals surface area contributed by atoms with E-state index in [0.717, 1.165) is 44.9 Å². The minimum absolute atomic E-state index is 0.0354. The van der Waals surface area contributed by atoms with Crippen molar-refractivity contribution >= 4 is 5.97 Å². The van der Waals surface area contributed by atoms with Crippen molar-refractivity contribution in [2.45, 2.75) is 84.3 Å². The van der Waals surface area contributed by atoms with Gasteiger partial charge >= 0.3 is 5.97 Å². The Balaban J connectivity index is 2.09. The zero-order valence-electron chi connectivity index (χ0n) is 16.4. The zero-order chi connectivity index (χ0) is 18.4. The highest BCUT2D eigenvalue weighted by molar-refractivity contribution is 5.66. The van der Waals surface area contributed by atoms with Gasteiger partial charge in [0.05, 0.1) is 11.7 Å². The monoisotopic (exact) mass is 346 g/mol. The van der Waals surface area contributed by atoms with E-state index in [1.54, 1.807) is 0 Å². The van der Waals surface area contributed by atoms with E-state index < -0.39 is 0 Å². The Hall–Kier alpha value is -1.35. The first-order valence-electron chi connectivity index (χ1n) is 9.60. The zero-order valence-corrected chi connectivity index (χ0v) is 16.4. The quantitative estimate of drug-likeness (QED) is 0.384. The van der Waals surface area contributed by atoms with Gasteiger partial charge in [-0.1, -0.05) is 29.9 Å². The number of hydrogen-bond acceptors (Lipinski definition) is 3. The minimum atomic E-state index is -0.218. The fraction of sp³-hybridized carbons (Fsp3) is 0.682. The number of fused-ring (bicyclic) bond motifs is 1. The molecule has 1 fully saturated rings. The van der Waals surface area contributed by atoms with Gasteiger partial charge in [0.1, 0.15) is 6.61 Å². The van der Waals surface area contributed by atoms with Crippen LogP contribution in [0.2, 0.25) is 0 Å². The van der Waals surface area contributed by atoms with Crippen LogP contribution in [0.3, 0.4) is 0 Å². The second kappa shape index (κ2) is 8.84. The first-order valence-corrected chi connectivity index (χ1v) is 9.60. The normalized spacial score (nSPS) is 31.0. The Labute approximate surface area is 153 Å². The molecule has 0 amide bonds. The van der Waals surface area contributed by atoms with Crippen LogP contribution in [0.25, 0.3) is 0 Å². The third kappa shape index (κ3) is 6.47. The molecule has 3 unspecified atom stereocenters. The summed E-state index contributed by atoms with van der Waals surface area (Å²) in [5.74, 6) is 0.270. The molecule has 1 heterocycles. The maximum Gasteiger partial charge on any atom is 0.302 e. The molecule has 0 radical (unpaired) electrons. The summed E-state index contributed by atoms with van der Waals surface area (Å²) in [6, 6.07) is 0. The number of epoxide rings is 1. The van der Waals surface area contributed by atoms with Crippen LogP contribution in [0.1, 0.15) is 72.6 Å².